The number of pyridine rings is 1. The van der Waals surface area contributed by atoms with Gasteiger partial charge in [0.25, 0.3) is 0 Å². The predicted octanol–water partition coefficient (Wildman–Crippen LogP) is 3.88. The van der Waals surface area contributed by atoms with Crippen LogP contribution < -0.4 is 9.47 Å². The number of aromatic hydroxyl groups is 1. The van der Waals surface area contributed by atoms with Gasteiger partial charge in [0, 0.05) is 36.5 Å². The van der Waals surface area contributed by atoms with Crippen LogP contribution in [-0.4, -0.2) is 54.6 Å². The molecule has 5 rings (SSSR count). The van der Waals surface area contributed by atoms with Crippen molar-refractivity contribution >= 4 is 37.6 Å². The number of aliphatic hydroxyl groups excluding tert-OH is 2. The molecule has 0 amide bonds. The highest BCUT2D eigenvalue weighted by Gasteiger charge is 2.18. The first kappa shape index (κ1) is 29.0. The van der Waals surface area contributed by atoms with Crippen LogP contribution in [0.1, 0.15) is 5.56 Å². The van der Waals surface area contributed by atoms with Crippen LogP contribution in [0.2, 0.25) is 0 Å². The summed E-state index contributed by atoms with van der Waals surface area (Å²) in [4.78, 5) is 1.62. The molecule has 0 unspecified atom stereocenters. The Morgan fingerprint density at radius 3 is 1.80 bits per heavy atom. The van der Waals surface area contributed by atoms with Crippen molar-refractivity contribution in [3.63, 3.8) is 0 Å². The normalized spacial score (nSPS) is 11.3. The average molecular weight is 561 g/mol. The number of aliphatic hydroxyl groups is 2. The van der Waals surface area contributed by atoms with E-state index in [9.17, 15) is 23.2 Å². The molecule has 1 aromatic heterocycles. The van der Waals surface area contributed by atoms with Gasteiger partial charge in [0.2, 0.25) is 11.0 Å². The largest absolute Gasteiger partial charge is 0.744 e. The molecule has 0 aliphatic carbocycles. The number of phenolic OH excluding ortho intramolecular Hbond substituents is 1. The van der Waals surface area contributed by atoms with Crippen LogP contribution in [0, 0.1) is 6.92 Å². The minimum Gasteiger partial charge on any atom is -0.744 e. The summed E-state index contributed by atoms with van der Waals surface area (Å²) in [6.07, 6.45) is 0. The molecule has 0 aliphatic rings. The van der Waals surface area contributed by atoms with Crippen LogP contribution in [0.25, 0.3) is 32.9 Å². The molecule has 9 heteroatoms. The van der Waals surface area contributed by atoms with Crippen LogP contribution in [0.15, 0.2) is 95.9 Å². The van der Waals surface area contributed by atoms with Crippen molar-refractivity contribution in [1.82, 2.24) is 0 Å². The standard InChI is InChI=1S/C24H25N2O2.C7H8O4S/c1-25-22-8-4-2-6-20(22)24(21-7-3-5-9-23(21)25)18-10-12-19(13-11-18)26(14-16-27)15-17-28;1-5-2-3-6(8)4-7(5)12(9,10)11/h2-13,27-28H,14-17H2,1H3;2-4,8H,1H3,(H,9,10,11)/q+1;/p-1. The Bertz CT molecular complexity index is 1670. The van der Waals surface area contributed by atoms with Crippen LogP contribution in [0.3, 0.4) is 0 Å². The third-order valence-corrected chi connectivity index (χ3v) is 7.75. The maximum atomic E-state index is 10.5. The van der Waals surface area contributed by atoms with Crippen molar-refractivity contribution < 1.29 is 32.9 Å². The summed E-state index contributed by atoms with van der Waals surface area (Å²) >= 11 is 0. The van der Waals surface area contributed by atoms with Gasteiger partial charge >= 0.3 is 0 Å². The fourth-order valence-electron chi connectivity index (χ4n) is 4.85. The Kier molecular flexibility index (Phi) is 9.01. The molecule has 0 aliphatic heterocycles. The van der Waals surface area contributed by atoms with E-state index in [1.807, 2.05) is 4.90 Å². The third kappa shape index (κ3) is 6.24. The zero-order valence-electron chi connectivity index (χ0n) is 22.4. The number of anilines is 1. The molecular weight excluding hydrogens is 528 g/mol. The highest BCUT2D eigenvalue weighted by Crippen LogP contribution is 2.34. The Balaban J connectivity index is 0.000000259. The Morgan fingerprint density at radius 2 is 1.32 bits per heavy atom. The molecule has 0 radical (unpaired) electrons. The second kappa shape index (κ2) is 12.4. The van der Waals surface area contributed by atoms with Crippen molar-refractivity contribution in [2.75, 3.05) is 31.2 Å². The smallest absolute Gasteiger partial charge is 0.213 e. The zero-order valence-corrected chi connectivity index (χ0v) is 23.2. The van der Waals surface area contributed by atoms with E-state index in [4.69, 9.17) is 5.11 Å². The Labute approximate surface area is 233 Å². The van der Waals surface area contributed by atoms with Crippen LogP contribution in [0.4, 0.5) is 5.69 Å². The summed E-state index contributed by atoms with van der Waals surface area (Å²) in [6.45, 7) is 2.63. The number of fused-ring (bicyclic) bond motifs is 2. The van der Waals surface area contributed by atoms with Crippen molar-refractivity contribution in [1.29, 1.82) is 0 Å². The minimum atomic E-state index is -4.47. The van der Waals surface area contributed by atoms with Crippen LogP contribution >= 0.6 is 0 Å². The number of nitrogens with zero attached hydrogens (tertiary/aromatic N) is 2. The number of phenols is 1. The molecular formula is C31H32N2O6S. The Morgan fingerprint density at radius 1 is 0.800 bits per heavy atom. The van der Waals surface area contributed by atoms with Gasteiger partial charge in [0.05, 0.1) is 28.9 Å². The predicted molar refractivity (Wildman–Crippen MR) is 155 cm³/mol. The van der Waals surface area contributed by atoms with E-state index < -0.39 is 10.1 Å². The van der Waals surface area contributed by atoms with Gasteiger partial charge < -0.3 is 24.8 Å². The van der Waals surface area contributed by atoms with E-state index in [0.717, 1.165) is 17.3 Å². The molecule has 0 spiro atoms. The van der Waals surface area contributed by atoms with Gasteiger partial charge in [-0.3, -0.25) is 0 Å². The summed E-state index contributed by atoms with van der Waals surface area (Å²) < 4.78 is 33.9. The summed E-state index contributed by atoms with van der Waals surface area (Å²) in [6, 6.07) is 29.0. The number of para-hydroxylation sites is 2. The average Bonchev–Trinajstić information content (AvgIpc) is 2.95. The van der Waals surface area contributed by atoms with Gasteiger partial charge in [0.15, 0.2) is 0 Å². The fraction of sp³-hybridized carbons (Fsp3) is 0.194. The molecule has 5 aromatic rings. The lowest BCUT2D eigenvalue weighted by Gasteiger charge is -2.23. The lowest BCUT2D eigenvalue weighted by molar-refractivity contribution is -0.617. The molecule has 3 N–H and O–H groups in total. The van der Waals surface area contributed by atoms with Gasteiger partial charge in [-0.1, -0.05) is 42.5 Å². The molecule has 0 atom stereocenters. The molecule has 0 bridgehead atoms. The molecule has 0 saturated carbocycles. The summed E-state index contributed by atoms with van der Waals surface area (Å²) in [5.74, 6) is -0.227. The van der Waals surface area contributed by atoms with E-state index in [0.29, 0.717) is 18.7 Å². The quantitative estimate of drug-likeness (QED) is 0.157. The van der Waals surface area contributed by atoms with Gasteiger partial charge in [-0.2, -0.15) is 4.57 Å². The summed E-state index contributed by atoms with van der Waals surface area (Å²) in [7, 11) is -2.36. The first-order valence-corrected chi connectivity index (χ1v) is 14.2. The van der Waals surface area contributed by atoms with E-state index in [-0.39, 0.29) is 23.9 Å². The monoisotopic (exact) mass is 560 g/mol. The maximum Gasteiger partial charge on any atom is 0.213 e. The topological polar surface area (TPSA) is 125 Å². The van der Waals surface area contributed by atoms with Crippen molar-refractivity contribution in [2.45, 2.75) is 11.8 Å². The second-order valence-corrected chi connectivity index (χ2v) is 10.7. The Hall–Kier alpha value is -4.02. The lowest BCUT2D eigenvalue weighted by Crippen LogP contribution is -2.30. The van der Waals surface area contributed by atoms with E-state index in [1.165, 1.54) is 46.4 Å². The number of hydrogen-bond donors (Lipinski definition) is 3. The molecule has 8 nitrogen and oxygen atoms in total. The van der Waals surface area contributed by atoms with Gasteiger partial charge in [0.1, 0.15) is 22.9 Å². The van der Waals surface area contributed by atoms with Crippen LogP contribution in [-0.2, 0) is 17.2 Å². The molecule has 4 aromatic carbocycles. The fourth-order valence-corrected chi connectivity index (χ4v) is 5.58. The molecule has 40 heavy (non-hydrogen) atoms. The highest BCUT2D eigenvalue weighted by molar-refractivity contribution is 7.85. The minimum absolute atomic E-state index is 0.0617. The number of rotatable bonds is 7. The van der Waals surface area contributed by atoms with E-state index in [1.54, 1.807) is 0 Å². The zero-order chi connectivity index (χ0) is 28.9. The number of aryl methyl sites for hydroxylation is 2. The molecule has 0 saturated heterocycles. The van der Waals surface area contributed by atoms with E-state index in [2.05, 4.69) is 84.4 Å². The van der Waals surface area contributed by atoms with Crippen molar-refractivity contribution in [3.05, 3.63) is 96.6 Å². The number of benzene rings is 4. The van der Waals surface area contributed by atoms with Crippen LogP contribution in [0.5, 0.6) is 5.75 Å². The molecule has 208 valence electrons. The first-order valence-electron chi connectivity index (χ1n) is 12.8. The second-order valence-electron chi connectivity index (χ2n) is 9.35. The van der Waals surface area contributed by atoms with Gasteiger partial charge in [-0.05, 0) is 54.4 Å². The molecule has 1 heterocycles. The van der Waals surface area contributed by atoms with Gasteiger partial charge in [-0.25, -0.2) is 8.42 Å². The van der Waals surface area contributed by atoms with Crippen molar-refractivity contribution in [2.24, 2.45) is 7.05 Å². The summed E-state index contributed by atoms with van der Waals surface area (Å²) in [5, 5.41) is 29.9. The maximum absolute atomic E-state index is 10.5. The third-order valence-electron chi connectivity index (χ3n) is 6.77. The summed E-state index contributed by atoms with van der Waals surface area (Å²) in [5.41, 5.74) is 6.12. The van der Waals surface area contributed by atoms with E-state index >= 15 is 0 Å². The van der Waals surface area contributed by atoms with Crippen molar-refractivity contribution in [3.8, 4) is 16.9 Å². The lowest BCUT2D eigenvalue weighted by atomic mass is 9.95. The number of aromatic nitrogens is 1. The molecule has 0 fully saturated rings. The first-order chi connectivity index (χ1) is 19.2. The number of hydrogen-bond acceptors (Lipinski definition) is 7. The SMILES string of the molecule is C[n+]1c2ccccc2c(-c2ccc(N(CCO)CCO)cc2)c2ccccc21.Cc1ccc(O)cc1S(=O)(=O)[O-]. The highest BCUT2D eigenvalue weighted by atomic mass is 32.2. The van der Waals surface area contributed by atoms with Gasteiger partial charge in [-0.15, -0.1) is 0 Å².